The summed E-state index contributed by atoms with van der Waals surface area (Å²) in [4.78, 5) is 43.8. The number of carbonyl (C=O) groups excluding carboxylic acids is 2. The van der Waals surface area contributed by atoms with Gasteiger partial charge >= 0.3 is 18.0 Å². The van der Waals surface area contributed by atoms with Gasteiger partial charge in [0.15, 0.2) is 0 Å². The van der Waals surface area contributed by atoms with Crippen LogP contribution in [0.2, 0.25) is 0 Å². The maximum atomic E-state index is 12.7. The minimum atomic E-state index is -1.20. The predicted octanol–water partition coefficient (Wildman–Crippen LogP) is 6.70. The van der Waals surface area contributed by atoms with E-state index in [4.69, 9.17) is 0 Å². The number of carboxylic acid groups (broad SMARTS) is 1. The SMILES string of the molecule is CN(C(=O)N1CCC2(CCc3ccccc32)CC1)C(C)(C)C.CN(C(=O)N1CCC2(CCc3ccccc32)CC1)C(C)(C)C(=O)O. The van der Waals surface area contributed by atoms with Gasteiger partial charge in [0.1, 0.15) is 5.54 Å². The first-order chi connectivity index (χ1) is 21.6. The summed E-state index contributed by atoms with van der Waals surface area (Å²) >= 11 is 0. The number of rotatable bonds is 2. The molecule has 1 N–H and O–H groups in total. The van der Waals surface area contributed by atoms with Crippen LogP contribution >= 0.6 is 0 Å². The number of nitrogens with zero attached hydrogens (tertiary/aromatic N) is 4. The lowest BCUT2D eigenvalue weighted by Crippen LogP contribution is -2.57. The summed E-state index contributed by atoms with van der Waals surface area (Å²) in [6, 6.07) is 17.5. The molecule has 0 aromatic heterocycles. The lowest BCUT2D eigenvalue weighted by Gasteiger charge is -2.43. The van der Waals surface area contributed by atoms with E-state index in [1.807, 2.05) is 16.8 Å². The van der Waals surface area contributed by atoms with Gasteiger partial charge in [0.2, 0.25) is 0 Å². The molecule has 0 radical (unpaired) electrons. The topological polar surface area (TPSA) is 84.4 Å². The van der Waals surface area contributed by atoms with Crippen molar-refractivity contribution >= 4 is 18.0 Å². The van der Waals surface area contributed by atoms with E-state index in [1.165, 1.54) is 34.4 Å². The third-order valence-electron chi connectivity index (χ3n) is 11.8. The molecule has 2 heterocycles. The van der Waals surface area contributed by atoms with Gasteiger partial charge in [-0.1, -0.05) is 48.5 Å². The molecule has 8 nitrogen and oxygen atoms in total. The second-order valence-corrected chi connectivity index (χ2v) is 15.6. The summed E-state index contributed by atoms with van der Waals surface area (Å²) in [6.07, 6.45) is 8.85. The maximum Gasteiger partial charge on any atom is 0.329 e. The van der Waals surface area contributed by atoms with Crippen molar-refractivity contribution in [2.24, 2.45) is 0 Å². The van der Waals surface area contributed by atoms with Crippen molar-refractivity contribution in [3.05, 3.63) is 70.8 Å². The van der Waals surface area contributed by atoms with E-state index in [9.17, 15) is 19.5 Å². The summed E-state index contributed by atoms with van der Waals surface area (Å²) in [5.74, 6) is -0.989. The van der Waals surface area contributed by atoms with Crippen LogP contribution in [0.4, 0.5) is 9.59 Å². The van der Waals surface area contributed by atoms with Crippen molar-refractivity contribution in [3.63, 3.8) is 0 Å². The Kier molecular flexibility index (Phi) is 9.24. The molecule has 0 bridgehead atoms. The van der Waals surface area contributed by atoms with Crippen molar-refractivity contribution in [2.45, 2.75) is 108 Å². The van der Waals surface area contributed by atoms with Gasteiger partial charge in [-0.3, -0.25) is 0 Å². The number of likely N-dealkylation sites (tertiary alicyclic amines) is 2. The lowest BCUT2D eigenvalue weighted by atomic mass is 9.74. The zero-order valence-corrected chi connectivity index (χ0v) is 29.1. The summed E-state index contributed by atoms with van der Waals surface area (Å²) in [5.41, 5.74) is 5.18. The smallest absolute Gasteiger partial charge is 0.329 e. The van der Waals surface area contributed by atoms with Gasteiger partial charge in [0.25, 0.3) is 0 Å². The lowest BCUT2D eigenvalue weighted by molar-refractivity contribution is -0.147. The zero-order chi connectivity index (χ0) is 33.5. The van der Waals surface area contributed by atoms with Gasteiger partial charge in [-0.15, -0.1) is 0 Å². The number of likely N-dealkylation sites (N-methyl/N-ethyl adjacent to an activating group) is 1. The number of hydrogen-bond acceptors (Lipinski definition) is 3. The Morgan fingerprint density at radius 3 is 1.37 bits per heavy atom. The number of benzene rings is 2. The number of urea groups is 2. The summed E-state index contributed by atoms with van der Waals surface area (Å²) in [7, 11) is 3.49. The predicted molar refractivity (Wildman–Crippen MR) is 182 cm³/mol. The first kappa shape index (κ1) is 33.8. The average Bonchev–Trinajstić information content (AvgIpc) is 3.58. The number of carbonyl (C=O) groups is 3. The Labute approximate surface area is 275 Å². The van der Waals surface area contributed by atoms with Crippen LogP contribution in [0.1, 0.15) is 95.4 Å². The molecule has 0 unspecified atom stereocenters. The molecule has 2 fully saturated rings. The molecular weight excluding hydrogens is 576 g/mol. The monoisotopic (exact) mass is 630 g/mol. The van der Waals surface area contributed by atoms with Crippen LogP contribution in [0.15, 0.2) is 48.5 Å². The van der Waals surface area contributed by atoms with Crippen molar-refractivity contribution < 1.29 is 19.5 Å². The quantitative estimate of drug-likeness (QED) is 0.401. The standard InChI is InChI=1S/C19H26N2O3.C19H28N2O/c1-18(2,16(22)23)20(3)17(24)21-12-10-19(11-13-21)9-8-14-6-4-5-7-15(14)19;1-18(2,3)20(4)17(22)21-13-11-19(12-14-21)10-9-15-7-5-6-8-16(15)19/h4-7H,8-13H2,1-3H3,(H,22,23);5-8H,9-14H2,1-4H3. The van der Waals surface area contributed by atoms with E-state index in [2.05, 4.69) is 69.3 Å². The fourth-order valence-electron chi connectivity index (χ4n) is 7.91. The minimum Gasteiger partial charge on any atom is -0.480 e. The van der Waals surface area contributed by atoms with Gasteiger partial charge in [-0.05, 0) is 119 Å². The van der Waals surface area contributed by atoms with Crippen molar-refractivity contribution in [1.82, 2.24) is 19.6 Å². The highest BCUT2D eigenvalue weighted by Gasteiger charge is 2.45. The van der Waals surface area contributed by atoms with Gasteiger partial charge in [0, 0.05) is 45.8 Å². The Bertz CT molecular complexity index is 1440. The fourth-order valence-corrected chi connectivity index (χ4v) is 7.91. The number of hydrogen-bond donors (Lipinski definition) is 1. The third-order valence-corrected chi connectivity index (χ3v) is 11.8. The molecule has 0 saturated carbocycles. The molecule has 2 aromatic carbocycles. The number of amides is 4. The van der Waals surface area contributed by atoms with E-state index < -0.39 is 11.5 Å². The molecule has 4 amide bonds. The summed E-state index contributed by atoms with van der Waals surface area (Å²) in [5, 5.41) is 9.32. The molecule has 2 saturated heterocycles. The van der Waals surface area contributed by atoms with Crippen LogP contribution in [-0.2, 0) is 28.5 Å². The number of fused-ring (bicyclic) bond motifs is 4. The fraction of sp³-hybridized carbons (Fsp3) is 0.605. The normalized spacial score (nSPS) is 19.6. The highest BCUT2D eigenvalue weighted by Crippen LogP contribution is 2.47. The third kappa shape index (κ3) is 6.24. The molecule has 2 aliphatic carbocycles. The van der Waals surface area contributed by atoms with E-state index >= 15 is 0 Å². The van der Waals surface area contributed by atoms with Crippen molar-refractivity contribution in [3.8, 4) is 0 Å². The number of piperidine rings is 2. The van der Waals surface area contributed by atoms with Gasteiger partial charge in [-0.2, -0.15) is 0 Å². The number of aliphatic carboxylic acids is 1. The molecule has 2 spiro atoms. The minimum absolute atomic E-state index is 0.119. The van der Waals surface area contributed by atoms with E-state index in [0.29, 0.717) is 18.5 Å². The largest absolute Gasteiger partial charge is 0.480 e. The van der Waals surface area contributed by atoms with Crippen LogP contribution in [0.25, 0.3) is 0 Å². The molecule has 46 heavy (non-hydrogen) atoms. The van der Waals surface area contributed by atoms with E-state index in [1.54, 1.807) is 31.4 Å². The Morgan fingerprint density at radius 2 is 1.00 bits per heavy atom. The van der Waals surface area contributed by atoms with Crippen molar-refractivity contribution in [2.75, 3.05) is 40.3 Å². The Balaban J connectivity index is 0.000000182. The molecule has 6 rings (SSSR count). The van der Waals surface area contributed by atoms with E-state index in [-0.39, 0.29) is 23.0 Å². The second-order valence-electron chi connectivity index (χ2n) is 15.6. The Morgan fingerprint density at radius 1 is 0.630 bits per heavy atom. The highest BCUT2D eigenvalue weighted by molar-refractivity contribution is 5.85. The Hall–Kier alpha value is -3.55. The van der Waals surface area contributed by atoms with Crippen LogP contribution in [0, 0.1) is 0 Å². The number of aryl methyl sites for hydroxylation is 2. The molecule has 8 heteroatoms. The molecule has 250 valence electrons. The zero-order valence-electron chi connectivity index (χ0n) is 29.1. The first-order valence-corrected chi connectivity index (χ1v) is 17.1. The van der Waals surface area contributed by atoms with Crippen LogP contribution < -0.4 is 0 Å². The van der Waals surface area contributed by atoms with Gasteiger partial charge < -0.3 is 24.7 Å². The molecule has 2 aromatic rings. The first-order valence-electron chi connectivity index (χ1n) is 17.1. The summed E-state index contributed by atoms with van der Waals surface area (Å²) in [6.45, 7) is 12.5. The molecule has 2 aliphatic heterocycles. The molecular formula is C38H54N4O4. The molecule has 0 atom stereocenters. The van der Waals surface area contributed by atoms with Crippen LogP contribution in [0.3, 0.4) is 0 Å². The van der Waals surface area contributed by atoms with Crippen LogP contribution in [-0.4, -0.2) is 94.1 Å². The summed E-state index contributed by atoms with van der Waals surface area (Å²) < 4.78 is 0. The van der Waals surface area contributed by atoms with Crippen molar-refractivity contribution in [1.29, 1.82) is 0 Å². The average molecular weight is 631 g/mol. The molecule has 4 aliphatic rings. The number of carboxylic acids is 1. The van der Waals surface area contributed by atoms with Crippen LogP contribution in [0.5, 0.6) is 0 Å². The highest BCUT2D eigenvalue weighted by atomic mass is 16.4. The van der Waals surface area contributed by atoms with E-state index in [0.717, 1.165) is 51.6 Å². The van der Waals surface area contributed by atoms with Gasteiger partial charge in [0.05, 0.1) is 0 Å². The second kappa shape index (κ2) is 12.6. The van der Waals surface area contributed by atoms with Gasteiger partial charge in [-0.25, -0.2) is 14.4 Å². The maximum absolute atomic E-state index is 12.7.